The molecular formula is C26H30F3N5O3. The van der Waals surface area contributed by atoms with Crippen molar-refractivity contribution in [3.05, 3.63) is 47.4 Å². The van der Waals surface area contributed by atoms with Crippen molar-refractivity contribution < 1.29 is 27.5 Å². The third-order valence-electron chi connectivity index (χ3n) is 6.34. The standard InChI is InChI=1S/C24H28F3N5O3.C2H2/c1-14(2)19-13-35-23(34)32(19)20-7-10-28-22(31-20)29-12-15-3-4-17(18(25)11-15)21(33)30-16-5-8-24(26,27)9-6-16;1-2/h3-4,7,10-11,14,16,19H,5-6,8-9,12-13H2,1-2H3,(H,30,33)(H,28,29,31);1-2H. The number of nitrogens with one attached hydrogen (secondary N) is 2. The van der Waals surface area contributed by atoms with E-state index in [1.165, 1.54) is 23.2 Å². The lowest BCUT2D eigenvalue weighted by molar-refractivity contribution is -0.0399. The van der Waals surface area contributed by atoms with Gasteiger partial charge in [-0.1, -0.05) is 19.9 Å². The van der Waals surface area contributed by atoms with Crippen LogP contribution in [0.15, 0.2) is 30.5 Å². The summed E-state index contributed by atoms with van der Waals surface area (Å²) in [5.74, 6) is -3.20. The lowest BCUT2D eigenvalue weighted by atomic mass is 9.92. The van der Waals surface area contributed by atoms with Crippen molar-refractivity contribution in [3.63, 3.8) is 0 Å². The van der Waals surface area contributed by atoms with Gasteiger partial charge in [0, 0.05) is 31.6 Å². The predicted molar refractivity (Wildman–Crippen MR) is 133 cm³/mol. The van der Waals surface area contributed by atoms with Gasteiger partial charge < -0.3 is 15.4 Å². The highest BCUT2D eigenvalue weighted by atomic mass is 19.3. The first-order valence-corrected chi connectivity index (χ1v) is 12.0. The molecule has 2 fully saturated rings. The molecule has 0 bridgehead atoms. The van der Waals surface area contributed by atoms with Gasteiger partial charge >= 0.3 is 6.09 Å². The normalized spacial score (nSPS) is 19.1. The first-order valence-electron chi connectivity index (χ1n) is 12.0. The maximum atomic E-state index is 14.6. The highest BCUT2D eigenvalue weighted by molar-refractivity contribution is 5.94. The number of carbonyl (C=O) groups excluding carboxylic acids is 2. The minimum Gasteiger partial charge on any atom is -0.447 e. The van der Waals surface area contributed by atoms with Crippen LogP contribution < -0.4 is 15.5 Å². The van der Waals surface area contributed by atoms with Crippen LogP contribution in [0.1, 0.15) is 55.5 Å². The molecule has 2 aliphatic rings. The zero-order chi connectivity index (χ0) is 27.2. The van der Waals surface area contributed by atoms with E-state index in [0.717, 1.165) is 0 Å². The van der Waals surface area contributed by atoms with Gasteiger partial charge in [0.1, 0.15) is 18.2 Å². The number of aromatic nitrogens is 2. The molecule has 11 heteroatoms. The number of ether oxygens (including phenoxy) is 1. The van der Waals surface area contributed by atoms with Gasteiger partial charge in [-0.05, 0) is 42.5 Å². The van der Waals surface area contributed by atoms with Crippen LogP contribution >= 0.6 is 0 Å². The van der Waals surface area contributed by atoms with Crippen molar-refractivity contribution in [1.82, 2.24) is 15.3 Å². The average Bonchev–Trinajstić information content (AvgIpc) is 3.27. The van der Waals surface area contributed by atoms with Crippen LogP contribution in [0, 0.1) is 24.6 Å². The maximum absolute atomic E-state index is 14.6. The number of hydrogen-bond acceptors (Lipinski definition) is 6. The fourth-order valence-electron chi connectivity index (χ4n) is 4.24. The number of terminal acetylenes is 1. The molecule has 1 aliphatic heterocycles. The molecule has 8 nitrogen and oxygen atoms in total. The SMILES string of the molecule is C#C.CC(C)C1COC(=O)N1c1ccnc(NCc2ccc(C(=O)NC3CCC(F)(F)CC3)c(F)c2)n1. The van der Waals surface area contributed by atoms with Gasteiger partial charge in [-0.3, -0.25) is 9.69 Å². The molecule has 1 aromatic heterocycles. The second-order valence-electron chi connectivity index (χ2n) is 9.27. The second-order valence-corrected chi connectivity index (χ2v) is 9.27. The highest BCUT2D eigenvalue weighted by Gasteiger charge is 2.37. The fourth-order valence-corrected chi connectivity index (χ4v) is 4.24. The van der Waals surface area contributed by atoms with Gasteiger partial charge in [0.05, 0.1) is 11.6 Å². The van der Waals surface area contributed by atoms with Gasteiger partial charge in [0.15, 0.2) is 0 Å². The molecule has 37 heavy (non-hydrogen) atoms. The minimum absolute atomic E-state index is 0.136. The summed E-state index contributed by atoms with van der Waals surface area (Å²) in [7, 11) is 0. The Morgan fingerprint density at radius 1 is 1.24 bits per heavy atom. The molecule has 2 N–H and O–H groups in total. The second kappa shape index (κ2) is 12.0. The minimum atomic E-state index is -2.70. The summed E-state index contributed by atoms with van der Waals surface area (Å²) in [5.41, 5.74) is 0.405. The van der Waals surface area contributed by atoms with E-state index < -0.39 is 29.8 Å². The third kappa shape index (κ3) is 6.90. The Labute approximate surface area is 214 Å². The van der Waals surface area contributed by atoms with Crippen LogP contribution in [-0.2, 0) is 11.3 Å². The van der Waals surface area contributed by atoms with Crippen LogP contribution in [0.5, 0.6) is 0 Å². The summed E-state index contributed by atoms with van der Waals surface area (Å²) in [5, 5.41) is 5.64. The molecule has 2 aromatic rings. The Bertz CT molecular complexity index is 1130. The molecule has 4 rings (SSSR count). The number of rotatable bonds is 7. The quantitative estimate of drug-likeness (QED) is 0.514. The summed E-state index contributed by atoms with van der Waals surface area (Å²) < 4.78 is 46.4. The highest BCUT2D eigenvalue weighted by Crippen LogP contribution is 2.33. The van der Waals surface area contributed by atoms with Crippen LogP contribution in [0.25, 0.3) is 0 Å². The molecule has 1 aliphatic carbocycles. The van der Waals surface area contributed by atoms with Crippen molar-refractivity contribution in [3.8, 4) is 12.8 Å². The zero-order valence-corrected chi connectivity index (χ0v) is 20.7. The van der Waals surface area contributed by atoms with Crippen molar-refractivity contribution >= 4 is 23.8 Å². The molecule has 1 unspecified atom stereocenters. The molecule has 1 saturated heterocycles. The predicted octanol–water partition coefficient (Wildman–Crippen LogP) is 4.77. The van der Waals surface area contributed by atoms with Crippen LogP contribution in [0.2, 0.25) is 0 Å². The Balaban J connectivity index is 0.00000186. The van der Waals surface area contributed by atoms with E-state index in [1.807, 2.05) is 13.8 Å². The number of alkyl halides is 2. The lowest BCUT2D eigenvalue weighted by Gasteiger charge is -2.28. The van der Waals surface area contributed by atoms with E-state index >= 15 is 0 Å². The number of hydrogen-bond donors (Lipinski definition) is 2. The molecule has 2 heterocycles. The molecule has 1 aromatic carbocycles. The van der Waals surface area contributed by atoms with Crippen molar-refractivity contribution in [2.24, 2.45) is 5.92 Å². The zero-order valence-electron chi connectivity index (χ0n) is 20.7. The maximum Gasteiger partial charge on any atom is 0.415 e. The first-order chi connectivity index (χ1) is 17.6. The fraction of sp³-hybridized carbons (Fsp3) is 0.462. The van der Waals surface area contributed by atoms with E-state index in [2.05, 4.69) is 33.4 Å². The number of amides is 2. The summed E-state index contributed by atoms with van der Waals surface area (Å²) in [6.07, 6.45) is 8.80. The lowest BCUT2D eigenvalue weighted by Crippen LogP contribution is -2.40. The smallest absolute Gasteiger partial charge is 0.415 e. The Morgan fingerprint density at radius 2 is 1.95 bits per heavy atom. The molecule has 2 amide bonds. The largest absolute Gasteiger partial charge is 0.447 e. The number of halogens is 3. The van der Waals surface area contributed by atoms with E-state index in [9.17, 15) is 22.8 Å². The molecule has 198 valence electrons. The van der Waals surface area contributed by atoms with Crippen molar-refractivity contribution in [2.45, 2.75) is 64.1 Å². The molecule has 0 radical (unpaired) electrons. The molecule has 1 atom stereocenters. The summed E-state index contributed by atoms with van der Waals surface area (Å²) >= 11 is 0. The van der Waals surface area contributed by atoms with E-state index in [1.54, 1.807) is 12.1 Å². The number of cyclic esters (lactones) is 1. The summed E-state index contributed by atoms with van der Waals surface area (Å²) in [6.45, 7) is 4.45. The van der Waals surface area contributed by atoms with Crippen molar-refractivity contribution in [2.75, 3.05) is 16.8 Å². The molecule has 1 saturated carbocycles. The average molecular weight is 518 g/mol. The van der Waals surface area contributed by atoms with Crippen LogP contribution in [-0.4, -0.2) is 46.6 Å². The van der Waals surface area contributed by atoms with Crippen LogP contribution in [0.4, 0.5) is 29.7 Å². The van der Waals surface area contributed by atoms with E-state index in [4.69, 9.17) is 4.74 Å². The summed E-state index contributed by atoms with van der Waals surface area (Å²) in [4.78, 5) is 34.6. The Kier molecular flexibility index (Phi) is 8.97. The topological polar surface area (TPSA) is 96.5 Å². The monoisotopic (exact) mass is 517 g/mol. The van der Waals surface area contributed by atoms with Crippen LogP contribution in [0.3, 0.4) is 0 Å². The van der Waals surface area contributed by atoms with Gasteiger partial charge in [-0.15, -0.1) is 12.8 Å². The summed E-state index contributed by atoms with van der Waals surface area (Å²) in [6, 6.07) is 5.28. The Hall–Kier alpha value is -3.81. The van der Waals surface area contributed by atoms with Gasteiger partial charge in [-0.25, -0.2) is 22.9 Å². The van der Waals surface area contributed by atoms with E-state index in [0.29, 0.717) is 11.4 Å². The number of anilines is 2. The molecular weight excluding hydrogens is 487 g/mol. The van der Waals surface area contributed by atoms with Gasteiger partial charge in [0.25, 0.3) is 5.91 Å². The van der Waals surface area contributed by atoms with Gasteiger partial charge in [-0.2, -0.15) is 4.98 Å². The number of carbonyl (C=O) groups is 2. The molecule has 0 spiro atoms. The Morgan fingerprint density at radius 3 is 2.59 bits per heavy atom. The number of benzene rings is 1. The first kappa shape index (κ1) is 27.8. The number of nitrogens with zero attached hydrogens (tertiary/aromatic N) is 3. The third-order valence-corrected chi connectivity index (χ3v) is 6.34. The van der Waals surface area contributed by atoms with Crippen molar-refractivity contribution in [1.29, 1.82) is 0 Å². The van der Waals surface area contributed by atoms with Gasteiger partial charge in [0.2, 0.25) is 11.9 Å². The van der Waals surface area contributed by atoms with E-state index in [-0.39, 0.29) is 62.3 Å².